The summed E-state index contributed by atoms with van der Waals surface area (Å²) in [6, 6.07) is 11.4. The third-order valence-corrected chi connectivity index (χ3v) is 6.34. The second-order valence-corrected chi connectivity index (χ2v) is 9.09. The van der Waals surface area contributed by atoms with Gasteiger partial charge in [0.1, 0.15) is 12.3 Å². The Morgan fingerprint density at radius 3 is 2.52 bits per heavy atom. The monoisotopic (exact) mass is 610 g/mol. The highest BCUT2D eigenvalue weighted by molar-refractivity contribution is 6.32. The fraction of sp³-hybridized carbons (Fsp3) is 0.154. The number of halogens is 6. The maximum Gasteiger partial charge on any atom is 0.586 e. The van der Waals surface area contributed by atoms with Crippen molar-refractivity contribution in [2.75, 3.05) is 11.9 Å². The largest absolute Gasteiger partial charge is 0.586 e. The number of ether oxygens (including phenoxy) is 3. The van der Waals surface area contributed by atoms with E-state index in [2.05, 4.69) is 19.6 Å². The average molecular weight is 611 g/mol. The molecule has 0 unspecified atom stereocenters. The van der Waals surface area contributed by atoms with Gasteiger partial charge in [0.25, 0.3) is 5.91 Å². The van der Waals surface area contributed by atoms with Gasteiger partial charge in [0.2, 0.25) is 5.88 Å². The van der Waals surface area contributed by atoms with Crippen LogP contribution >= 0.6 is 11.6 Å². The lowest BCUT2D eigenvalue weighted by Gasteiger charge is -2.18. The SMILES string of the molecule is CN(C(=O)c1cccc(-n2nc(C(F)(F)F)c(Cl)c2COc2cc(C(=O)O)ccn2)c1)c1ccc2c(c1)OC(F)(F)O2. The molecule has 5 rings (SSSR count). The predicted molar refractivity (Wildman–Crippen MR) is 134 cm³/mol. The van der Waals surface area contributed by atoms with Crippen LogP contribution in [0, 0.1) is 0 Å². The first kappa shape index (κ1) is 28.6. The zero-order valence-electron chi connectivity index (χ0n) is 21.0. The van der Waals surface area contributed by atoms with Crippen LogP contribution in [0.2, 0.25) is 5.02 Å². The molecule has 1 aliphatic heterocycles. The predicted octanol–water partition coefficient (Wildman–Crippen LogP) is 5.81. The Labute approximate surface area is 237 Å². The van der Waals surface area contributed by atoms with Crippen molar-refractivity contribution in [2.45, 2.75) is 19.1 Å². The number of aromatic nitrogens is 3. The number of carboxylic acid groups (broad SMARTS) is 1. The summed E-state index contributed by atoms with van der Waals surface area (Å²) in [4.78, 5) is 29.4. The molecule has 42 heavy (non-hydrogen) atoms. The number of fused-ring (bicyclic) bond motifs is 1. The van der Waals surface area contributed by atoms with Crippen LogP contribution < -0.4 is 19.1 Å². The zero-order chi connectivity index (χ0) is 30.4. The van der Waals surface area contributed by atoms with E-state index < -0.39 is 41.7 Å². The first-order valence-corrected chi connectivity index (χ1v) is 12.1. The van der Waals surface area contributed by atoms with Crippen LogP contribution in [0.15, 0.2) is 60.8 Å². The van der Waals surface area contributed by atoms with Crippen LogP contribution in [0.3, 0.4) is 0 Å². The van der Waals surface area contributed by atoms with Gasteiger partial charge >= 0.3 is 18.4 Å². The molecule has 0 fully saturated rings. The highest BCUT2D eigenvalue weighted by atomic mass is 35.5. The Morgan fingerprint density at radius 2 is 1.81 bits per heavy atom. The number of carbonyl (C=O) groups is 2. The number of amides is 1. The highest BCUT2D eigenvalue weighted by Crippen LogP contribution is 2.43. The number of aromatic carboxylic acids is 1. The summed E-state index contributed by atoms with van der Waals surface area (Å²) < 4.78 is 82.9. The minimum atomic E-state index is -4.94. The van der Waals surface area contributed by atoms with Crippen LogP contribution in [0.25, 0.3) is 5.69 Å². The summed E-state index contributed by atoms with van der Waals surface area (Å²) in [5.41, 5.74) is -1.68. The summed E-state index contributed by atoms with van der Waals surface area (Å²) in [6.45, 7) is -0.599. The van der Waals surface area contributed by atoms with E-state index in [0.717, 1.165) is 21.8 Å². The number of alkyl halides is 5. The van der Waals surface area contributed by atoms with Crippen molar-refractivity contribution in [2.24, 2.45) is 0 Å². The molecule has 1 amide bonds. The molecule has 3 heterocycles. The van der Waals surface area contributed by atoms with Crippen LogP contribution in [-0.4, -0.2) is 45.1 Å². The third kappa shape index (κ3) is 5.63. The molecule has 4 aromatic rings. The zero-order valence-corrected chi connectivity index (χ0v) is 21.8. The van der Waals surface area contributed by atoms with Gasteiger partial charge in [-0.2, -0.15) is 18.3 Å². The smallest absolute Gasteiger partial charge is 0.478 e. The van der Waals surface area contributed by atoms with E-state index in [1.54, 1.807) is 0 Å². The second kappa shape index (κ2) is 10.5. The molecule has 1 N–H and O–H groups in total. The molecule has 16 heteroatoms. The van der Waals surface area contributed by atoms with E-state index in [9.17, 15) is 31.5 Å². The Balaban J connectivity index is 1.46. The standard InChI is InChI=1S/C26H16ClF5N4O6/c1-35(15-5-6-18-19(11-15)42-26(31,32)41-18)23(37)13-3-2-4-16(9-13)36-17(21(27)22(34-36)25(28,29)30)12-40-20-10-14(24(38)39)7-8-33-20/h2-11H,12H2,1H3,(H,38,39). The van der Waals surface area contributed by atoms with Gasteiger partial charge < -0.3 is 24.2 Å². The fourth-order valence-electron chi connectivity index (χ4n) is 3.94. The van der Waals surface area contributed by atoms with Crippen molar-refractivity contribution in [3.05, 3.63) is 88.3 Å². The van der Waals surface area contributed by atoms with Gasteiger partial charge in [0.05, 0.1) is 16.3 Å². The number of hydrogen-bond acceptors (Lipinski definition) is 7. The number of nitrogens with zero attached hydrogens (tertiary/aromatic N) is 4. The summed E-state index contributed by atoms with van der Waals surface area (Å²) in [7, 11) is 1.36. The number of rotatable bonds is 7. The van der Waals surface area contributed by atoms with Gasteiger partial charge in [-0.25, -0.2) is 14.5 Å². The molecule has 1 aliphatic rings. The number of benzene rings is 2. The lowest BCUT2D eigenvalue weighted by molar-refractivity contribution is -0.286. The van der Waals surface area contributed by atoms with E-state index in [1.807, 2.05) is 0 Å². The third-order valence-electron chi connectivity index (χ3n) is 5.94. The summed E-state index contributed by atoms with van der Waals surface area (Å²) in [6.07, 6.45) is -7.65. The van der Waals surface area contributed by atoms with Gasteiger partial charge in [-0.3, -0.25) is 4.79 Å². The fourth-order valence-corrected chi connectivity index (χ4v) is 4.22. The number of anilines is 1. The van der Waals surface area contributed by atoms with Gasteiger partial charge in [-0.05, 0) is 36.4 Å². The van der Waals surface area contributed by atoms with Gasteiger partial charge in [-0.1, -0.05) is 17.7 Å². The van der Waals surface area contributed by atoms with E-state index in [1.165, 1.54) is 55.6 Å². The van der Waals surface area contributed by atoms with E-state index in [-0.39, 0.29) is 45.6 Å². The Kier molecular flexibility index (Phi) is 7.14. The molecule has 218 valence electrons. The number of carbonyl (C=O) groups excluding carboxylic acids is 1. The maximum absolute atomic E-state index is 13.7. The molecule has 0 saturated heterocycles. The van der Waals surface area contributed by atoms with E-state index in [0.29, 0.717) is 0 Å². The van der Waals surface area contributed by atoms with Crippen molar-refractivity contribution < 1.29 is 50.9 Å². The van der Waals surface area contributed by atoms with E-state index in [4.69, 9.17) is 21.4 Å². The quantitative estimate of drug-likeness (QED) is 0.261. The molecule has 0 spiro atoms. The van der Waals surface area contributed by atoms with Crippen molar-refractivity contribution in [3.63, 3.8) is 0 Å². The summed E-state index contributed by atoms with van der Waals surface area (Å²) >= 11 is 6.06. The lowest BCUT2D eigenvalue weighted by atomic mass is 10.1. The Morgan fingerprint density at radius 1 is 1.07 bits per heavy atom. The van der Waals surface area contributed by atoms with Gasteiger partial charge in [0.15, 0.2) is 17.2 Å². The first-order chi connectivity index (χ1) is 19.7. The van der Waals surface area contributed by atoms with Crippen LogP contribution in [-0.2, 0) is 12.8 Å². The van der Waals surface area contributed by atoms with Gasteiger partial charge in [0, 0.05) is 36.6 Å². The van der Waals surface area contributed by atoms with Gasteiger partial charge in [-0.15, -0.1) is 8.78 Å². The van der Waals surface area contributed by atoms with Crippen molar-refractivity contribution in [1.29, 1.82) is 0 Å². The van der Waals surface area contributed by atoms with Crippen molar-refractivity contribution in [1.82, 2.24) is 14.8 Å². The van der Waals surface area contributed by atoms with Crippen molar-refractivity contribution in [3.8, 4) is 23.1 Å². The number of hydrogen-bond donors (Lipinski definition) is 1. The molecule has 0 aliphatic carbocycles. The normalized spacial score (nSPS) is 13.6. The molecule has 0 bridgehead atoms. The highest BCUT2D eigenvalue weighted by Gasteiger charge is 2.43. The molecular weight excluding hydrogens is 595 g/mol. The Bertz CT molecular complexity index is 1710. The summed E-state index contributed by atoms with van der Waals surface area (Å²) in [5.74, 6) is -2.62. The van der Waals surface area contributed by atoms with Crippen LogP contribution in [0.5, 0.6) is 17.4 Å². The molecule has 2 aromatic carbocycles. The Hall–Kier alpha value is -4.92. The van der Waals surface area contributed by atoms with Crippen LogP contribution in [0.4, 0.5) is 27.6 Å². The lowest BCUT2D eigenvalue weighted by Crippen LogP contribution is -2.26. The van der Waals surface area contributed by atoms with Crippen molar-refractivity contribution >= 4 is 29.2 Å². The minimum absolute atomic E-state index is 0.000808. The molecule has 0 saturated carbocycles. The average Bonchev–Trinajstić information content (AvgIpc) is 3.45. The molecule has 0 radical (unpaired) electrons. The molecule has 10 nitrogen and oxygen atoms in total. The molecule has 0 atom stereocenters. The number of pyridine rings is 1. The second-order valence-electron chi connectivity index (χ2n) is 8.71. The minimum Gasteiger partial charge on any atom is -0.478 e. The number of carboxylic acids is 1. The first-order valence-electron chi connectivity index (χ1n) is 11.7. The maximum atomic E-state index is 13.7. The van der Waals surface area contributed by atoms with E-state index >= 15 is 0 Å². The molecular formula is C26H16ClF5N4O6. The molecule has 2 aromatic heterocycles. The topological polar surface area (TPSA) is 116 Å². The van der Waals surface area contributed by atoms with Crippen LogP contribution in [0.1, 0.15) is 32.1 Å². The summed E-state index contributed by atoms with van der Waals surface area (Å²) in [5, 5.41) is 12.0.